The van der Waals surface area contributed by atoms with Gasteiger partial charge in [0.2, 0.25) is 0 Å². The van der Waals surface area contributed by atoms with Crippen LogP contribution < -0.4 is 9.64 Å². The first-order chi connectivity index (χ1) is 12.1. The molecular formula is C20H19BrN2O2. The highest BCUT2D eigenvalue weighted by molar-refractivity contribution is 9.09. The second kappa shape index (κ2) is 6.23. The van der Waals surface area contributed by atoms with Gasteiger partial charge in [-0.3, -0.25) is 0 Å². The van der Waals surface area contributed by atoms with E-state index in [0.29, 0.717) is 0 Å². The molecule has 128 valence electrons. The van der Waals surface area contributed by atoms with Gasteiger partial charge in [-0.1, -0.05) is 39.3 Å². The maximum absolute atomic E-state index is 5.46. The fraction of sp³-hybridized carbons (Fsp3) is 0.250. The van der Waals surface area contributed by atoms with Crippen molar-refractivity contribution in [3.05, 3.63) is 71.1 Å². The quantitative estimate of drug-likeness (QED) is 0.535. The number of para-hydroxylation sites is 1. The third-order valence-corrected chi connectivity index (χ3v) is 5.78. The van der Waals surface area contributed by atoms with Crippen LogP contribution in [0, 0.1) is 13.8 Å². The number of benzene rings is 2. The van der Waals surface area contributed by atoms with Crippen molar-refractivity contribution in [2.24, 2.45) is 0 Å². The number of alkyl halides is 1. The second-order valence-corrected chi connectivity index (χ2v) is 7.20. The van der Waals surface area contributed by atoms with Gasteiger partial charge in [0.25, 0.3) is 0 Å². The normalized spacial score (nSPS) is 19.1. The van der Waals surface area contributed by atoms with E-state index < -0.39 is 0 Å². The Morgan fingerprint density at radius 2 is 1.80 bits per heavy atom. The van der Waals surface area contributed by atoms with Gasteiger partial charge in [-0.2, -0.15) is 0 Å². The van der Waals surface area contributed by atoms with E-state index in [1.54, 1.807) is 7.11 Å². The largest absolute Gasteiger partial charge is 0.497 e. The summed E-state index contributed by atoms with van der Waals surface area (Å²) >= 11 is 3.92. The van der Waals surface area contributed by atoms with Crippen molar-refractivity contribution >= 4 is 27.3 Å². The molecule has 1 aliphatic heterocycles. The molecular weight excluding hydrogens is 380 g/mol. The Hall–Kier alpha value is -2.27. The summed E-state index contributed by atoms with van der Waals surface area (Å²) < 4.78 is 10.8. The van der Waals surface area contributed by atoms with Gasteiger partial charge in [0.1, 0.15) is 11.5 Å². The summed E-state index contributed by atoms with van der Waals surface area (Å²) in [6.45, 7) is 3.98. The summed E-state index contributed by atoms with van der Waals surface area (Å²) in [6.07, 6.45) is 0. The summed E-state index contributed by atoms with van der Waals surface area (Å²) in [4.78, 5) is 2.50. The number of hydrogen-bond acceptors (Lipinski definition) is 4. The zero-order valence-corrected chi connectivity index (χ0v) is 15.9. The fourth-order valence-corrected chi connectivity index (χ4v) is 4.51. The SMILES string of the molecule is COc1ccc(N2c3ccccc3C(Br)C2c2c(C)noc2C)cc1. The number of aromatic nitrogens is 1. The Morgan fingerprint density at radius 1 is 1.08 bits per heavy atom. The number of hydrogen-bond donors (Lipinski definition) is 0. The molecule has 1 aliphatic rings. The van der Waals surface area contributed by atoms with E-state index in [1.165, 1.54) is 11.3 Å². The van der Waals surface area contributed by atoms with Gasteiger partial charge in [-0.15, -0.1) is 0 Å². The Labute approximate surface area is 155 Å². The first kappa shape index (κ1) is 16.2. The van der Waals surface area contributed by atoms with E-state index in [-0.39, 0.29) is 10.9 Å². The van der Waals surface area contributed by atoms with Crippen molar-refractivity contribution in [1.29, 1.82) is 0 Å². The molecule has 2 atom stereocenters. The average molecular weight is 399 g/mol. The van der Waals surface area contributed by atoms with Crippen LogP contribution in [0.5, 0.6) is 5.75 Å². The van der Waals surface area contributed by atoms with Gasteiger partial charge >= 0.3 is 0 Å². The number of aryl methyl sites for hydroxylation is 2. The summed E-state index contributed by atoms with van der Waals surface area (Å²) in [5.41, 5.74) is 5.63. The van der Waals surface area contributed by atoms with Crippen LogP contribution in [-0.4, -0.2) is 12.3 Å². The highest BCUT2D eigenvalue weighted by Gasteiger charge is 2.41. The minimum Gasteiger partial charge on any atom is -0.497 e. The van der Waals surface area contributed by atoms with Gasteiger partial charge in [0, 0.05) is 16.9 Å². The van der Waals surface area contributed by atoms with Crippen molar-refractivity contribution in [2.45, 2.75) is 24.7 Å². The van der Waals surface area contributed by atoms with Crippen LogP contribution in [0.4, 0.5) is 11.4 Å². The summed E-state index contributed by atoms with van der Waals surface area (Å²) in [5.74, 6) is 1.71. The Kier molecular flexibility index (Phi) is 4.04. The molecule has 0 amide bonds. The van der Waals surface area contributed by atoms with Gasteiger partial charge in [-0.05, 0) is 49.7 Å². The summed E-state index contributed by atoms with van der Waals surface area (Å²) in [6, 6.07) is 16.7. The molecule has 0 fully saturated rings. The van der Waals surface area contributed by atoms with E-state index in [2.05, 4.69) is 62.4 Å². The monoisotopic (exact) mass is 398 g/mol. The Bertz CT molecular complexity index is 885. The lowest BCUT2D eigenvalue weighted by molar-refractivity contribution is 0.391. The van der Waals surface area contributed by atoms with Crippen LogP contribution >= 0.6 is 15.9 Å². The third-order valence-electron chi connectivity index (χ3n) is 4.78. The van der Waals surface area contributed by atoms with Crippen LogP contribution in [0.3, 0.4) is 0 Å². The summed E-state index contributed by atoms with van der Waals surface area (Å²) in [7, 11) is 1.68. The number of halogens is 1. The van der Waals surface area contributed by atoms with E-state index in [1.807, 2.05) is 26.0 Å². The third kappa shape index (κ3) is 2.54. The molecule has 2 aromatic carbocycles. The highest BCUT2D eigenvalue weighted by Crippen LogP contribution is 2.56. The predicted octanol–water partition coefficient (Wildman–Crippen LogP) is 5.63. The lowest BCUT2D eigenvalue weighted by Crippen LogP contribution is -2.21. The molecule has 3 aromatic rings. The number of nitrogens with zero attached hydrogens (tertiary/aromatic N) is 2. The maximum atomic E-state index is 5.46. The number of fused-ring (bicyclic) bond motifs is 1. The molecule has 4 nitrogen and oxygen atoms in total. The smallest absolute Gasteiger partial charge is 0.139 e. The molecule has 0 saturated heterocycles. The Balaban J connectivity index is 1.89. The van der Waals surface area contributed by atoms with Crippen molar-refractivity contribution in [3.8, 4) is 5.75 Å². The zero-order valence-electron chi connectivity index (χ0n) is 14.4. The molecule has 0 spiro atoms. The van der Waals surface area contributed by atoms with E-state index >= 15 is 0 Å². The molecule has 0 aliphatic carbocycles. The van der Waals surface area contributed by atoms with Crippen molar-refractivity contribution in [2.75, 3.05) is 12.0 Å². The number of methoxy groups -OCH3 is 1. The van der Waals surface area contributed by atoms with E-state index in [4.69, 9.17) is 9.26 Å². The van der Waals surface area contributed by atoms with E-state index in [9.17, 15) is 0 Å². The molecule has 5 heteroatoms. The molecule has 4 rings (SSSR count). The lowest BCUT2D eigenvalue weighted by atomic mass is 10.0. The first-order valence-corrected chi connectivity index (χ1v) is 9.12. The predicted molar refractivity (Wildman–Crippen MR) is 102 cm³/mol. The minimum absolute atomic E-state index is 0.0806. The van der Waals surface area contributed by atoms with Gasteiger partial charge in [0.15, 0.2) is 0 Å². The van der Waals surface area contributed by atoms with Gasteiger partial charge < -0.3 is 14.2 Å². The van der Waals surface area contributed by atoms with Crippen LogP contribution in [0.1, 0.15) is 33.5 Å². The number of ether oxygens (including phenoxy) is 1. The molecule has 1 aromatic heterocycles. The second-order valence-electron chi connectivity index (χ2n) is 6.21. The van der Waals surface area contributed by atoms with Crippen LogP contribution in [0.25, 0.3) is 0 Å². The van der Waals surface area contributed by atoms with Gasteiger partial charge in [0.05, 0.1) is 23.7 Å². The molecule has 25 heavy (non-hydrogen) atoms. The topological polar surface area (TPSA) is 38.5 Å². The van der Waals surface area contributed by atoms with Crippen molar-refractivity contribution < 1.29 is 9.26 Å². The van der Waals surface area contributed by atoms with E-state index in [0.717, 1.165) is 28.5 Å². The van der Waals surface area contributed by atoms with Crippen molar-refractivity contribution in [3.63, 3.8) is 0 Å². The average Bonchev–Trinajstić information content (AvgIpc) is 3.12. The number of rotatable bonds is 3. The van der Waals surface area contributed by atoms with Crippen LogP contribution in [-0.2, 0) is 0 Å². The molecule has 0 radical (unpaired) electrons. The zero-order chi connectivity index (χ0) is 17.6. The lowest BCUT2D eigenvalue weighted by Gasteiger charge is -2.29. The molecule has 2 unspecified atom stereocenters. The highest BCUT2D eigenvalue weighted by atomic mass is 79.9. The molecule has 0 saturated carbocycles. The Morgan fingerprint density at radius 3 is 2.44 bits per heavy atom. The van der Waals surface area contributed by atoms with Crippen molar-refractivity contribution in [1.82, 2.24) is 5.16 Å². The van der Waals surface area contributed by atoms with Crippen LogP contribution in [0.2, 0.25) is 0 Å². The summed E-state index contributed by atoms with van der Waals surface area (Å²) in [5, 5.41) is 4.17. The van der Waals surface area contributed by atoms with Crippen LogP contribution in [0.15, 0.2) is 53.1 Å². The minimum atomic E-state index is 0.0806. The standard InChI is InChI=1S/C20H19BrN2O2/c1-12-18(13(2)25-22-12)20-19(21)16-6-4-5-7-17(16)23(20)14-8-10-15(24-3)11-9-14/h4-11,19-20H,1-3H3. The maximum Gasteiger partial charge on any atom is 0.139 e. The fourth-order valence-electron chi connectivity index (χ4n) is 3.62. The molecule has 2 heterocycles. The first-order valence-electron chi connectivity index (χ1n) is 8.21. The van der Waals surface area contributed by atoms with Gasteiger partial charge in [-0.25, -0.2) is 0 Å². The molecule has 0 N–H and O–H groups in total. The number of anilines is 2. The molecule has 0 bridgehead atoms.